The molecule has 0 saturated heterocycles. The molecule has 0 unspecified atom stereocenters. The number of hydrazone groups is 1. The maximum atomic E-state index is 11.8. The standard InChI is InChI=1S/C36H45N3O3/c1-7-39(26-41)34(37-38(5)24-28-13-18-31(19-14-28)35(2,3)4)10-8-9-27-11-15-29(16-12-27)30-17-20-33(42-6)32(23-30)36(25-40)21-22-36/h11-20,23,25-26H,7-10,21-22,24H2,1-6H3/b37-34-. The number of methoxy groups -OCH3 is 1. The Morgan fingerprint density at radius 1 is 0.952 bits per heavy atom. The van der Waals surface area contributed by atoms with E-state index in [9.17, 15) is 9.59 Å². The fourth-order valence-corrected chi connectivity index (χ4v) is 5.35. The largest absolute Gasteiger partial charge is 0.496 e. The van der Waals surface area contributed by atoms with Crippen LogP contribution in [0.5, 0.6) is 5.75 Å². The van der Waals surface area contributed by atoms with Crippen LogP contribution in [-0.2, 0) is 33.4 Å². The summed E-state index contributed by atoms with van der Waals surface area (Å²) in [5.41, 5.74) is 6.64. The van der Waals surface area contributed by atoms with Gasteiger partial charge < -0.3 is 14.4 Å². The van der Waals surface area contributed by atoms with E-state index in [1.165, 1.54) is 16.7 Å². The zero-order valence-corrected chi connectivity index (χ0v) is 26.0. The van der Waals surface area contributed by atoms with Gasteiger partial charge in [0.25, 0.3) is 0 Å². The van der Waals surface area contributed by atoms with E-state index in [1.54, 1.807) is 12.0 Å². The number of amidine groups is 1. The molecule has 0 spiro atoms. The lowest BCUT2D eigenvalue weighted by Crippen LogP contribution is -2.31. The van der Waals surface area contributed by atoms with Crippen LogP contribution >= 0.6 is 0 Å². The van der Waals surface area contributed by atoms with Gasteiger partial charge in [0.05, 0.1) is 19.1 Å². The molecule has 0 atom stereocenters. The van der Waals surface area contributed by atoms with E-state index in [-0.39, 0.29) is 10.8 Å². The molecular formula is C36H45N3O3. The number of rotatable bonds is 13. The summed E-state index contributed by atoms with van der Waals surface area (Å²) in [6.45, 7) is 9.88. The third kappa shape index (κ3) is 7.47. The number of aryl methyl sites for hydroxylation is 1. The molecule has 6 nitrogen and oxygen atoms in total. The molecule has 0 bridgehead atoms. The predicted octanol–water partition coefficient (Wildman–Crippen LogP) is 7.14. The van der Waals surface area contributed by atoms with Crippen LogP contribution < -0.4 is 4.74 Å². The predicted molar refractivity (Wildman–Crippen MR) is 171 cm³/mol. The summed E-state index contributed by atoms with van der Waals surface area (Å²) in [5, 5.41) is 6.75. The van der Waals surface area contributed by atoms with Gasteiger partial charge in [0.1, 0.15) is 17.9 Å². The molecule has 1 aliphatic rings. The van der Waals surface area contributed by atoms with E-state index in [2.05, 4.69) is 81.4 Å². The minimum atomic E-state index is -0.389. The maximum absolute atomic E-state index is 11.8. The van der Waals surface area contributed by atoms with Gasteiger partial charge in [0.15, 0.2) is 0 Å². The molecule has 3 aromatic rings. The minimum absolute atomic E-state index is 0.122. The smallest absolute Gasteiger partial charge is 0.215 e. The summed E-state index contributed by atoms with van der Waals surface area (Å²) in [4.78, 5) is 25.3. The van der Waals surface area contributed by atoms with Crippen molar-refractivity contribution in [2.24, 2.45) is 5.10 Å². The van der Waals surface area contributed by atoms with Crippen LogP contribution in [-0.4, -0.2) is 49.1 Å². The Labute approximate surface area is 251 Å². The average molecular weight is 568 g/mol. The Bertz CT molecular complexity index is 1380. The molecule has 222 valence electrons. The number of carbonyl (C=O) groups excluding carboxylic acids is 2. The van der Waals surface area contributed by atoms with Crippen LogP contribution in [0.4, 0.5) is 0 Å². The number of benzene rings is 3. The number of aldehydes is 1. The number of nitrogens with zero attached hydrogens (tertiary/aromatic N) is 3. The molecule has 0 heterocycles. The van der Waals surface area contributed by atoms with E-state index in [4.69, 9.17) is 9.84 Å². The highest BCUT2D eigenvalue weighted by molar-refractivity contribution is 5.90. The molecule has 1 saturated carbocycles. The molecule has 1 amide bonds. The van der Waals surface area contributed by atoms with Crippen LogP contribution in [0.2, 0.25) is 0 Å². The lowest BCUT2D eigenvalue weighted by molar-refractivity contribution is -0.114. The van der Waals surface area contributed by atoms with Gasteiger partial charge >= 0.3 is 0 Å². The Morgan fingerprint density at radius 3 is 2.14 bits per heavy atom. The quantitative estimate of drug-likeness (QED) is 0.0954. The van der Waals surface area contributed by atoms with Gasteiger partial charge in [-0.3, -0.25) is 9.80 Å². The Morgan fingerprint density at radius 2 is 1.60 bits per heavy atom. The minimum Gasteiger partial charge on any atom is -0.496 e. The van der Waals surface area contributed by atoms with E-state index in [0.29, 0.717) is 19.5 Å². The van der Waals surface area contributed by atoms with E-state index < -0.39 is 0 Å². The summed E-state index contributed by atoms with van der Waals surface area (Å²) in [5.74, 6) is 1.56. The third-order valence-electron chi connectivity index (χ3n) is 8.22. The van der Waals surface area contributed by atoms with Crippen LogP contribution in [0.25, 0.3) is 11.1 Å². The molecule has 42 heavy (non-hydrogen) atoms. The van der Waals surface area contributed by atoms with Crippen LogP contribution in [0, 0.1) is 0 Å². The topological polar surface area (TPSA) is 62.2 Å². The first-order chi connectivity index (χ1) is 20.1. The van der Waals surface area contributed by atoms with Gasteiger partial charge in [-0.15, -0.1) is 0 Å². The van der Waals surface area contributed by atoms with Crippen molar-refractivity contribution in [1.29, 1.82) is 0 Å². The first-order valence-electron chi connectivity index (χ1n) is 15.0. The number of hydrogen-bond donors (Lipinski definition) is 0. The molecule has 0 N–H and O–H groups in total. The highest BCUT2D eigenvalue weighted by Crippen LogP contribution is 2.50. The molecule has 0 radical (unpaired) electrons. The lowest BCUT2D eigenvalue weighted by atomic mass is 9.87. The second-order valence-corrected chi connectivity index (χ2v) is 12.4. The summed E-state index contributed by atoms with van der Waals surface area (Å²) in [6, 6.07) is 23.4. The van der Waals surface area contributed by atoms with Crippen LogP contribution in [0.1, 0.15) is 75.6 Å². The number of ether oxygens (including phenoxy) is 1. The van der Waals surface area contributed by atoms with E-state index in [1.807, 2.05) is 25.0 Å². The molecule has 0 aliphatic heterocycles. The van der Waals surface area contributed by atoms with Crippen molar-refractivity contribution in [2.75, 3.05) is 20.7 Å². The van der Waals surface area contributed by atoms with Crippen molar-refractivity contribution < 1.29 is 14.3 Å². The third-order valence-corrected chi connectivity index (χ3v) is 8.22. The fraction of sp³-hybridized carbons (Fsp3) is 0.417. The Kier molecular flexibility index (Phi) is 9.87. The molecule has 6 heteroatoms. The van der Waals surface area contributed by atoms with Crippen molar-refractivity contribution in [1.82, 2.24) is 9.91 Å². The first kappa shape index (κ1) is 31.0. The first-order valence-corrected chi connectivity index (χ1v) is 15.0. The van der Waals surface area contributed by atoms with E-state index in [0.717, 1.165) is 66.7 Å². The monoisotopic (exact) mass is 567 g/mol. The van der Waals surface area contributed by atoms with E-state index >= 15 is 0 Å². The normalized spacial score (nSPS) is 14.3. The van der Waals surface area contributed by atoms with Crippen LogP contribution in [0.15, 0.2) is 71.8 Å². The van der Waals surface area contributed by atoms with Crippen molar-refractivity contribution >= 4 is 18.5 Å². The second-order valence-electron chi connectivity index (χ2n) is 12.4. The number of amides is 1. The Balaban J connectivity index is 1.39. The summed E-state index contributed by atoms with van der Waals surface area (Å²) in [7, 11) is 3.61. The van der Waals surface area contributed by atoms with Crippen molar-refractivity contribution in [3.63, 3.8) is 0 Å². The lowest BCUT2D eigenvalue weighted by Gasteiger charge is -2.22. The summed E-state index contributed by atoms with van der Waals surface area (Å²) >= 11 is 0. The fourth-order valence-electron chi connectivity index (χ4n) is 5.35. The summed E-state index contributed by atoms with van der Waals surface area (Å²) in [6.07, 6.45) is 6.17. The molecular weight excluding hydrogens is 522 g/mol. The number of hydrogen-bond acceptors (Lipinski definition) is 5. The molecule has 3 aromatic carbocycles. The average Bonchev–Trinajstić information content (AvgIpc) is 3.79. The summed E-state index contributed by atoms with van der Waals surface area (Å²) < 4.78 is 5.55. The zero-order chi connectivity index (χ0) is 30.3. The maximum Gasteiger partial charge on any atom is 0.215 e. The molecule has 1 aliphatic carbocycles. The molecule has 4 rings (SSSR count). The van der Waals surface area contributed by atoms with Crippen LogP contribution in [0.3, 0.4) is 0 Å². The zero-order valence-electron chi connectivity index (χ0n) is 26.0. The van der Waals surface area contributed by atoms with Gasteiger partial charge in [0, 0.05) is 25.6 Å². The highest BCUT2D eigenvalue weighted by atomic mass is 16.5. The van der Waals surface area contributed by atoms with Gasteiger partial charge in [-0.25, -0.2) is 0 Å². The van der Waals surface area contributed by atoms with Gasteiger partial charge in [-0.05, 0) is 78.0 Å². The SMILES string of the molecule is CCN(C=O)/C(CCCc1ccc(-c2ccc(OC)c(C3(C=O)CC3)c2)cc1)=N\N(C)Cc1ccc(C(C)(C)C)cc1. The van der Waals surface area contributed by atoms with Crippen molar-refractivity contribution in [2.45, 2.75) is 77.2 Å². The van der Waals surface area contributed by atoms with Crippen molar-refractivity contribution in [3.05, 3.63) is 89.0 Å². The molecule has 1 fully saturated rings. The second kappa shape index (κ2) is 13.4. The number of carbonyl (C=O) groups is 2. The van der Waals surface area contributed by atoms with Gasteiger partial charge in [0.2, 0.25) is 6.41 Å². The molecule has 0 aromatic heterocycles. The highest BCUT2D eigenvalue weighted by Gasteiger charge is 2.46. The van der Waals surface area contributed by atoms with Gasteiger partial charge in [-0.2, -0.15) is 5.10 Å². The van der Waals surface area contributed by atoms with Crippen molar-refractivity contribution in [3.8, 4) is 16.9 Å². The van der Waals surface area contributed by atoms with Gasteiger partial charge in [-0.1, -0.05) is 75.4 Å². The Hall–Kier alpha value is -3.93.